The fraction of sp³-hybridized carbons (Fsp3) is 0.964. The number of rotatable bonds is 12. The molecule has 25 nitrogen and oxygen atoms in total. The molecule has 5 aliphatic carbocycles. The van der Waals surface area contributed by atoms with Crippen LogP contribution < -0.4 is 0 Å². The molecule has 464 valence electrons. The van der Waals surface area contributed by atoms with Gasteiger partial charge in [-0.25, -0.2) is 4.79 Å². The van der Waals surface area contributed by atoms with E-state index in [9.17, 15) is 76.0 Å². The van der Waals surface area contributed by atoms with Gasteiger partial charge in [0.2, 0.25) is 0 Å². The van der Waals surface area contributed by atoms with Crippen LogP contribution in [0.4, 0.5) is 0 Å². The molecular formula is C56H90O25. The lowest BCUT2D eigenvalue weighted by atomic mass is 9.30. The van der Waals surface area contributed by atoms with E-state index in [1.54, 1.807) is 0 Å². The number of fused-ring (bicyclic) bond motifs is 4. The highest BCUT2D eigenvalue weighted by Gasteiger charge is 2.82. The zero-order chi connectivity index (χ0) is 59.2. The molecule has 5 saturated carbocycles. The van der Waals surface area contributed by atoms with E-state index in [0.29, 0.717) is 38.7 Å². The predicted octanol–water partition coefficient (Wildman–Crippen LogP) is -1.69. The standard InChI is InChI=1S/C56H90O25/c1-22-32(61)35(64)38(67)46(73-22)80-43-37(66)34(63)25(20-58)76-48(43)78-41-40(69)42(45(70)71)79-49(44(41)81-47-39(68)36(65)33(62)24(19-57)75-47)77-30-12-13-52(7)26(51(30,5)6)10-14-53(8)27(52)11-15-56-28-16-50(3,4)18-31(74-23(2)59)55(28,21-72-56)29(60)17-54(53,56)9/h22,24-44,46-49,57-58,60-69H,10-21H2,1-9H3,(H,70,71)/t22-,24+,25+,26?,27?,28+,29+,30-,31-,32-,33+,34-,35+,36-,37-,38+,39+,40-,41-,42-,43+,44+,46-,47-,48-,49+,52-,53+,54-,55-,56-/m0/s1. The summed E-state index contributed by atoms with van der Waals surface area (Å²) in [4.78, 5) is 25.8. The largest absolute Gasteiger partial charge is 0.479 e. The van der Waals surface area contributed by atoms with E-state index in [2.05, 4.69) is 48.5 Å². The smallest absolute Gasteiger partial charge is 0.335 e. The van der Waals surface area contributed by atoms with Gasteiger partial charge < -0.3 is 114 Å². The van der Waals surface area contributed by atoms with Crippen molar-refractivity contribution < 1.29 is 123 Å². The number of ether oxygens (including phenoxy) is 10. The van der Waals surface area contributed by atoms with Gasteiger partial charge in [-0.2, -0.15) is 0 Å². The Morgan fingerprint density at radius 1 is 0.543 bits per heavy atom. The Balaban J connectivity index is 0.968. The van der Waals surface area contributed by atoms with Crippen molar-refractivity contribution >= 4 is 11.9 Å². The molecule has 13 N–H and O–H groups in total. The number of esters is 1. The normalized spacial score (nSPS) is 55.6. The SMILES string of the molecule is CC(=O)O[C@H]1CC(C)(C)C[C@@H]2[C@]13CO[C@@]21CCC2[C@@]4(C)CC[C@H](O[C@@H]5O[C@H](C(=O)O)[C@@H](O)[C@H](O[C@@H]6O[C@H](CO)[C@H](O)[C@H](O)[C@H]6O[C@@H]6O[C@@H](C)[C@H](O)[C@@H](O)[C@H]6O)[C@H]5O[C@@H]5O[C@H](CO)[C@@H](O)[C@H](O)[C@H]5O)C(C)(C)C4CC[C@@]2(C)[C@]1(C)C[C@H]3O. The van der Waals surface area contributed by atoms with Crippen molar-refractivity contribution in [3.05, 3.63) is 0 Å². The van der Waals surface area contributed by atoms with Crippen LogP contribution in [0.15, 0.2) is 0 Å². The number of aliphatic hydroxyl groups excluding tert-OH is 12. The van der Waals surface area contributed by atoms with Gasteiger partial charge in [0.15, 0.2) is 31.3 Å². The number of carboxylic acids is 1. The summed E-state index contributed by atoms with van der Waals surface area (Å²) in [6.07, 6.45) is -33.6. The van der Waals surface area contributed by atoms with Crippen molar-refractivity contribution in [1.29, 1.82) is 0 Å². The molecule has 25 heteroatoms. The number of carboxylic acid groups (broad SMARTS) is 1. The van der Waals surface area contributed by atoms with Gasteiger partial charge in [-0.3, -0.25) is 4.79 Å². The lowest BCUT2D eigenvalue weighted by Crippen LogP contribution is -2.75. The lowest BCUT2D eigenvalue weighted by Gasteiger charge is -2.75. The van der Waals surface area contributed by atoms with Crippen molar-refractivity contribution in [2.45, 2.75) is 267 Å². The topological polar surface area (TPSA) is 389 Å². The molecule has 2 unspecified atom stereocenters. The lowest BCUT2D eigenvalue weighted by molar-refractivity contribution is -0.406. The number of aliphatic hydroxyl groups is 12. The van der Waals surface area contributed by atoms with Crippen LogP contribution in [0.2, 0.25) is 0 Å². The van der Waals surface area contributed by atoms with Crippen molar-refractivity contribution in [2.24, 2.45) is 50.2 Å². The summed E-state index contributed by atoms with van der Waals surface area (Å²) in [5.74, 6) is -2.06. The fourth-order valence-corrected chi connectivity index (χ4v) is 18.4. The molecule has 10 fully saturated rings. The molecule has 5 heterocycles. The average molecular weight is 1160 g/mol. The quantitative estimate of drug-likeness (QED) is 0.0766. The highest BCUT2D eigenvalue weighted by atomic mass is 16.8. The Kier molecular flexibility index (Phi) is 16.7. The van der Waals surface area contributed by atoms with Crippen LogP contribution in [0.3, 0.4) is 0 Å². The van der Waals surface area contributed by atoms with Crippen molar-refractivity contribution in [2.75, 3.05) is 19.8 Å². The first-order chi connectivity index (χ1) is 37.8. The number of carbonyl (C=O) groups excluding carboxylic acids is 1. The van der Waals surface area contributed by atoms with Gasteiger partial charge in [0, 0.05) is 18.3 Å². The van der Waals surface area contributed by atoms with Crippen LogP contribution in [0.1, 0.15) is 120 Å². The molecular weight excluding hydrogens is 1070 g/mol. The minimum atomic E-state index is -2.25. The van der Waals surface area contributed by atoms with Gasteiger partial charge in [0.25, 0.3) is 0 Å². The molecule has 81 heavy (non-hydrogen) atoms. The zero-order valence-electron chi connectivity index (χ0n) is 47.7. The minimum absolute atomic E-state index is 0.0450. The Hall–Kier alpha value is -1.90. The van der Waals surface area contributed by atoms with Crippen molar-refractivity contribution in [3.8, 4) is 0 Å². The summed E-state index contributed by atoms with van der Waals surface area (Å²) < 4.78 is 62.6. The second-order valence-corrected chi connectivity index (χ2v) is 27.8. The third kappa shape index (κ3) is 9.51. The minimum Gasteiger partial charge on any atom is -0.479 e. The van der Waals surface area contributed by atoms with Gasteiger partial charge in [-0.1, -0.05) is 48.5 Å². The Bertz CT molecular complexity index is 2290. The summed E-state index contributed by atoms with van der Waals surface area (Å²) in [6.45, 7) is 16.8. The summed E-state index contributed by atoms with van der Waals surface area (Å²) >= 11 is 0. The molecule has 0 aromatic rings. The van der Waals surface area contributed by atoms with E-state index in [4.69, 9.17) is 47.4 Å². The molecule has 1 spiro atoms. The van der Waals surface area contributed by atoms with E-state index < -0.39 is 182 Å². The molecule has 5 aliphatic heterocycles. The summed E-state index contributed by atoms with van der Waals surface area (Å²) in [5.41, 5.74) is -3.43. The molecule has 10 rings (SSSR count). The summed E-state index contributed by atoms with van der Waals surface area (Å²) in [6, 6.07) is 0. The molecule has 0 amide bonds. The van der Waals surface area contributed by atoms with Crippen LogP contribution in [-0.2, 0) is 57.0 Å². The van der Waals surface area contributed by atoms with Crippen molar-refractivity contribution in [1.82, 2.24) is 0 Å². The molecule has 31 atom stereocenters. The maximum atomic E-state index is 13.2. The van der Waals surface area contributed by atoms with Crippen LogP contribution in [0, 0.1) is 50.2 Å². The second-order valence-electron chi connectivity index (χ2n) is 27.8. The molecule has 10 aliphatic rings. The second kappa shape index (κ2) is 21.8. The molecule has 0 aromatic carbocycles. The number of hydrogen-bond acceptors (Lipinski definition) is 24. The van der Waals surface area contributed by atoms with Crippen LogP contribution in [0.25, 0.3) is 0 Å². The maximum Gasteiger partial charge on any atom is 0.335 e. The Morgan fingerprint density at radius 3 is 1.74 bits per heavy atom. The van der Waals surface area contributed by atoms with Gasteiger partial charge in [-0.15, -0.1) is 0 Å². The zero-order valence-corrected chi connectivity index (χ0v) is 47.7. The van der Waals surface area contributed by atoms with Gasteiger partial charge in [-0.05, 0) is 98.2 Å². The first kappa shape index (κ1) is 62.2. The van der Waals surface area contributed by atoms with Crippen LogP contribution >= 0.6 is 0 Å². The van der Waals surface area contributed by atoms with Gasteiger partial charge in [0.05, 0.1) is 49.1 Å². The van der Waals surface area contributed by atoms with Crippen LogP contribution in [-0.4, -0.2) is 245 Å². The highest BCUT2D eigenvalue weighted by Crippen LogP contribution is 2.81. The maximum absolute atomic E-state index is 13.2. The number of aliphatic carboxylic acids is 1. The van der Waals surface area contributed by atoms with E-state index in [1.165, 1.54) is 13.8 Å². The molecule has 0 radical (unpaired) electrons. The first-order valence-electron chi connectivity index (χ1n) is 29.1. The Morgan fingerprint density at radius 2 is 1.11 bits per heavy atom. The highest BCUT2D eigenvalue weighted by molar-refractivity contribution is 5.73. The predicted molar refractivity (Wildman–Crippen MR) is 272 cm³/mol. The Labute approximate surface area is 471 Å². The van der Waals surface area contributed by atoms with Gasteiger partial charge in [0.1, 0.15) is 91.6 Å². The van der Waals surface area contributed by atoms with E-state index in [1.807, 2.05) is 0 Å². The fourth-order valence-electron chi connectivity index (χ4n) is 18.4. The van der Waals surface area contributed by atoms with Crippen LogP contribution in [0.5, 0.6) is 0 Å². The van der Waals surface area contributed by atoms with Gasteiger partial charge >= 0.3 is 11.9 Å². The van der Waals surface area contributed by atoms with E-state index in [-0.39, 0.29) is 40.0 Å². The average Bonchev–Trinajstić information content (AvgIpc) is 1.69. The summed E-state index contributed by atoms with van der Waals surface area (Å²) in [7, 11) is 0. The number of carbonyl (C=O) groups is 2. The monoisotopic (exact) mass is 1160 g/mol. The third-order valence-corrected chi connectivity index (χ3v) is 22.8. The van der Waals surface area contributed by atoms with Crippen molar-refractivity contribution in [3.63, 3.8) is 0 Å². The van der Waals surface area contributed by atoms with E-state index >= 15 is 0 Å². The third-order valence-electron chi connectivity index (χ3n) is 22.8. The first-order valence-corrected chi connectivity index (χ1v) is 29.1. The number of hydrogen-bond donors (Lipinski definition) is 13. The summed E-state index contributed by atoms with van der Waals surface area (Å²) in [5, 5.41) is 144. The molecule has 5 saturated heterocycles. The molecule has 2 bridgehead atoms. The molecule has 0 aromatic heterocycles. The van der Waals surface area contributed by atoms with E-state index in [0.717, 1.165) is 25.7 Å².